The SMILES string of the molecule is O=C(O)CNc1nc(Nc2ccccc2C(F)(F)F)cc(-c2ccncc2)n1. The summed E-state index contributed by atoms with van der Waals surface area (Å²) in [6.07, 6.45) is -1.48. The van der Waals surface area contributed by atoms with Crippen molar-refractivity contribution in [1.29, 1.82) is 0 Å². The molecule has 0 atom stereocenters. The first kappa shape index (κ1) is 19.1. The summed E-state index contributed by atoms with van der Waals surface area (Å²) in [6.45, 7) is -0.446. The van der Waals surface area contributed by atoms with Crippen molar-refractivity contribution in [2.75, 3.05) is 17.2 Å². The number of benzene rings is 1. The highest BCUT2D eigenvalue weighted by Gasteiger charge is 2.33. The van der Waals surface area contributed by atoms with Crippen molar-refractivity contribution >= 4 is 23.4 Å². The fourth-order valence-electron chi connectivity index (χ4n) is 2.39. The molecule has 3 N–H and O–H groups in total. The number of aliphatic carboxylic acids is 1. The second-order valence-electron chi connectivity index (χ2n) is 5.61. The highest BCUT2D eigenvalue weighted by Crippen LogP contribution is 2.36. The van der Waals surface area contributed by atoms with Gasteiger partial charge in [0.2, 0.25) is 5.95 Å². The Labute approximate surface area is 157 Å². The van der Waals surface area contributed by atoms with Crippen LogP contribution in [0.1, 0.15) is 5.56 Å². The summed E-state index contributed by atoms with van der Waals surface area (Å²) < 4.78 is 39.7. The number of para-hydroxylation sites is 1. The average Bonchev–Trinajstić information content (AvgIpc) is 2.66. The third kappa shape index (κ3) is 4.72. The molecule has 0 unspecified atom stereocenters. The highest BCUT2D eigenvalue weighted by atomic mass is 19.4. The van der Waals surface area contributed by atoms with Gasteiger partial charge in [0, 0.05) is 24.0 Å². The molecule has 0 fully saturated rings. The minimum absolute atomic E-state index is 0.0382. The molecule has 0 aliphatic carbocycles. The molecule has 0 radical (unpaired) electrons. The van der Waals surface area contributed by atoms with Crippen LogP contribution in [0.4, 0.5) is 30.6 Å². The number of halogens is 3. The lowest BCUT2D eigenvalue weighted by Crippen LogP contribution is -2.15. The first-order chi connectivity index (χ1) is 13.3. The maximum atomic E-state index is 13.2. The number of nitrogens with one attached hydrogen (secondary N) is 2. The summed E-state index contributed by atoms with van der Waals surface area (Å²) >= 11 is 0. The molecular formula is C18H14F3N5O2. The molecule has 0 spiro atoms. The van der Waals surface area contributed by atoms with Crippen molar-refractivity contribution in [3.05, 3.63) is 60.4 Å². The van der Waals surface area contributed by atoms with Crippen LogP contribution in [-0.4, -0.2) is 32.6 Å². The van der Waals surface area contributed by atoms with Gasteiger partial charge in [0.05, 0.1) is 16.9 Å². The topological polar surface area (TPSA) is 100 Å². The molecule has 3 aromatic rings. The predicted molar refractivity (Wildman–Crippen MR) is 96.1 cm³/mol. The zero-order chi connectivity index (χ0) is 20.1. The third-order valence-corrected chi connectivity index (χ3v) is 3.60. The van der Waals surface area contributed by atoms with Crippen molar-refractivity contribution < 1.29 is 23.1 Å². The fraction of sp³-hybridized carbons (Fsp3) is 0.111. The second kappa shape index (κ2) is 7.91. The van der Waals surface area contributed by atoms with E-state index in [0.29, 0.717) is 11.3 Å². The van der Waals surface area contributed by atoms with Gasteiger partial charge >= 0.3 is 12.1 Å². The van der Waals surface area contributed by atoms with Gasteiger partial charge in [-0.05, 0) is 24.3 Å². The van der Waals surface area contributed by atoms with E-state index in [-0.39, 0.29) is 17.5 Å². The molecule has 7 nitrogen and oxygen atoms in total. The molecule has 1 aromatic carbocycles. The molecule has 0 bridgehead atoms. The Hall–Kier alpha value is -3.69. The summed E-state index contributed by atoms with van der Waals surface area (Å²) in [7, 11) is 0. The Kier molecular flexibility index (Phi) is 5.39. The van der Waals surface area contributed by atoms with Crippen molar-refractivity contribution in [3.8, 4) is 11.3 Å². The Bertz CT molecular complexity index is 980. The highest BCUT2D eigenvalue weighted by molar-refractivity contribution is 5.73. The Morgan fingerprint density at radius 1 is 1.07 bits per heavy atom. The molecule has 10 heteroatoms. The van der Waals surface area contributed by atoms with E-state index in [1.54, 1.807) is 12.1 Å². The number of pyridine rings is 1. The number of rotatable bonds is 6. The van der Waals surface area contributed by atoms with Crippen molar-refractivity contribution in [2.24, 2.45) is 0 Å². The molecule has 0 amide bonds. The summed E-state index contributed by atoms with van der Waals surface area (Å²) in [5.74, 6) is -1.09. The molecule has 144 valence electrons. The van der Waals surface area contributed by atoms with Crippen LogP contribution in [0, 0.1) is 0 Å². The normalized spacial score (nSPS) is 11.1. The number of aromatic nitrogens is 3. The van der Waals surface area contributed by atoms with Crippen LogP contribution in [0.25, 0.3) is 11.3 Å². The number of carboxylic acids is 1. The maximum Gasteiger partial charge on any atom is 0.418 e. The zero-order valence-electron chi connectivity index (χ0n) is 14.2. The van der Waals surface area contributed by atoms with Crippen molar-refractivity contribution in [2.45, 2.75) is 6.18 Å². The largest absolute Gasteiger partial charge is 0.480 e. The van der Waals surface area contributed by atoms with Gasteiger partial charge in [-0.15, -0.1) is 0 Å². The van der Waals surface area contributed by atoms with E-state index in [4.69, 9.17) is 5.11 Å². The third-order valence-electron chi connectivity index (χ3n) is 3.60. The van der Waals surface area contributed by atoms with Gasteiger partial charge < -0.3 is 15.7 Å². The molecular weight excluding hydrogens is 375 g/mol. The van der Waals surface area contributed by atoms with Crippen LogP contribution in [0.2, 0.25) is 0 Å². The number of carboxylic acid groups (broad SMARTS) is 1. The van der Waals surface area contributed by atoms with Gasteiger partial charge in [-0.1, -0.05) is 12.1 Å². The second-order valence-corrected chi connectivity index (χ2v) is 5.61. The number of nitrogens with zero attached hydrogens (tertiary/aromatic N) is 3. The van der Waals surface area contributed by atoms with Gasteiger partial charge in [-0.3, -0.25) is 9.78 Å². The van der Waals surface area contributed by atoms with E-state index >= 15 is 0 Å². The quantitative estimate of drug-likeness (QED) is 0.590. The predicted octanol–water partition coefficient (Wildman–Crippen LogP) is 3.80. The number of hydrogen-bond donors (Lipinski definition) is 3. The van der Waals surface area contributed by atoms with Crippen molar-refractivity contribution in [1.82, 2.24) is 15.0 Å². The van der Waals surface area contributed by atoms with E-state index < -0.39 is 24.3 Å². The number of hydrogen-bond acceptors (Lipinski definition) is 6. The van der Waals surface area contributed by atoms with Gasteiger partial charge in [0.25, 0.3) is 0 Å². The van der Waals surface area contributed by atoms with Gasteiger partial charge in [0.1, 0.15) is 12.4 Å². The lowest BCUT2D eigenvalue weighted by molar-refractivity contribution is -0.137. The Morgan fingerprint density at radius 3 is 2.46 bits per heavy atom. The molecule has 0 saturated carbocycles. The van der Waals surface area contributed by atoms with Gasteiger partial charge in [-0.25, -0.2) is 4.98 Å². The smallest absolute Gasteiger partial charge is 0.418 e. The van der Waals surface area contributed by atoms with Crippen LogP contribution in [-0.2, 0) is 11.0 Å². The standard InChI is InChI=1S/C18H14F3N5O2/c19-18(20,21)12-3-1-2-4-13(12)24-15-9-14(11-5-7-22-8-6-11)25-17(26-15)23-10-16(27)28/h1-9H,10H2,(H,27,28)(H2,23,24,25,26). The van der Waals surface area contributed by atoms with Gasteiger partial charge in [0.15, 0.2) is 0 Å². The number of anilines is 3. The lowest BCUT2D eigenvalue weighted by atomic mass is 10.1. The van der Waals surface area contributed by atoms with E-state index in [2.05, 4.69) is 25.6 Å². The monoisotopic (exact) mass is 389 g/mol. The van der Waals surface area contributed by atoms with E-state index in [1.807, 2.05) is 0 Å². The van der Waals surface area contributed by atoms with Crippen LogP contribution >= 0.6 is 0 Å². The molecule has 0 aliphatic heterocycles. The first-order valence-electron chi connectivity index (χ1n) is 8.01. The average molecular weight is 389 g/mol. The summed E-state index contributed by atoms with van der Waals surface area (Å²) in [4.78, 5) is 23.0. The van der Waals surface area contributed by atoms with E-state index in [1.165, 1.54) is 36.7 Å². The molecule has 2 heterocycles. The van der Waals surface area contributed by atoms with E-state index in [9.17, 15) is 18.0 Å². The summed E-state index contributed by atoms with van der Waals surface area (Å²) in [5.41, 5.74) is -0.00195. The van der Waals surface area contributed by atoms with Crippen LogP contribution < -0.4 is 10.6 Å². The van der Waals surface area contributed by atoms with Gasteiger partial charge in [-0.2, -0.15) is 18.2 Å². The van der Waals surface area contributed by atoms with Crippen LogP contribution in [0.15, 0.2) is 54.9 Å². The first-order valence-corrected chi connectivity index (χ1v) is 8.01. The van der Waals surface area contributed by atoms with Crippen LogP contribution in [0.5, 0.6) is 0 Å². The number of alkyl halides is 3. The minimum Gasteiger partial charge on any atom is -0.480 e. The summed E-state index contributed by atoms with van der Waals surface area (Å²) in [5, 5.41) is 14.0. The maximum absolute atomic E-state index is 13.2. The lowest BCUT2D eigenvalue weighted by Gasteiger charge is -2.15. The molecule has 2 aromatic heterocycles. The van der Waals surface area contributed by atoms with Crippen LogP contribution in [0.3, 0.4) is 0 Å². The zero-order valence-corrected chi connectivity index (χ0v) is 14.2. The molecule has 28 heavy (non-hydrogen) atoms. The van der Waals surface area contributed by atoms with Crippen molar-refractivity contribution in [3.63, 3.8) is 0 Å². The fourth-order valence-corrected chi connectivity index (χ4v) is 2.39. The molecule has 3 rings (SSSR count). The molecule has 0 saturated heterocycles. The number of carbonyl (C=O) groups is 1. The Balaban J connectivity index is 2.01. The summed E-state index contributed by atoms with van der Waals surface area (Å²) in [6, 6.07) is 9.78. The molecule has 0 aliphatic rings. The van der Waals surface area contributed by atoms with E-state index in [0.717, 1.165) is 6.07 Å². The Morgan fingerprint density at radius 2 is 1.79 bits per heavy atom. The minimum atomic E-state index is -4.55.